The van der Waals surface area contributed by atoms with Gasteiger partial charge in [0.1, 0.15) is 11.3 Å². The van der Waals surface area contributed by atoms with Gasteiger partial charge < -0.3 is 19.2 Å². The maximum Gasteiger partial charge on any atom is 0.317 e. The number of urea groups is 1. The number of fused-ring (bicyclic) bond motifs is 1. The molecule has 136 valence electrons. The number of hydrogen-bond acceptors (Lipinski definition) is 5. The first kappa shape index (κ1) is 16.6. The topological polar surface area (TPSA) is 79.4 Å². The van der Waals surface area contributed by atoms with Gasteiger partial charge in [0.15, 0.2) is 5.58 Å². The Hall–Kier alpha value is -2.87. The molecule has 0 bridgehead atoms. The van der Waals surface area contributed by atoms with Gasteiger partial charge in [-0.25, -0.2) is 14.8 Å². The lowest BCUT2D eigenvalue weighted by molar-refractivity contribution is 0.132. The summed E-state index contributed by atoms with van der Waals surface area (Å²) >= 11 is 0. The van der Waals surface area contributed by atoms with Crippen molar-refractivity contribution in [3.8, 4) is 0 Å². The van der Waals surface area contributed by atoms with E-state index in [0.29, 0.717) is 25.5 Å². The Morgan fingerprint density at radius 2 is 2.04 bits per heavy atom. The minimum absolute atomic E-state index is 0.0797. The molecule has 0 radical (unpaired) electrons. The average molecular weight is 354 g/mol. The number of nitrogens with zero attached hydrogens (tertiary/aromatic N) is 5. The van der Waals surface area contributed by atoms with Crippen LogP contribution in [0.4, 0.5) is 4.79 Å². The molecular formula is C18H22N6O2. The third kappa shape index (κ3) is 3.55. The van der Waals surface area contributed by atoms with Crippen molar-refractivity contribution in [2.24, 2.45) is 7.05 Å². The number of aryl methyl sites for hydroxylation is 1. The summed E-state index contributed by atoms with van der Waals surface area (Å²) in [5.74, 6) is 1.56. The average Bonchev–Trinajstić information content (AvgIpc) is 3.26. The van der Waals surface area contributed by atoms with Gasteiger partial charge in [0.2, 0.25) is 5.89 Å². The molecule has 1 aliphatic rings. The minimum Gasteiger partial charge on any atom is -0.439 e. The summed E-state index contributed by atoms with van der Waals surface area (Å²) in [5.41, 5.74) is 1.54. The van der Waals surface area contributed by atoms with Crippen LogP contribution in [0.1, 0.15) is 11.7 Å². The number of imidazole rings is 1. The lowest BCUT2D eigenvalue weighted by Gasteiger charge is -2.34. The third-order valence-electron chi connectivity index (χ3n) is 4.67. The number of aromatic nitrogens is 3. The summed E-state index contributed by atoms with van der Waals surface area (Å²) < 4.78 is 7.66. The van der Waals surface area contributed by atoms with E-state index in [-0.39, 0.29) is 6.03 Å². The molecule has 1 fully saturated rings. The fourth-order valence-corrected chi connectivity index (χ4v) is 3.12. The molecule has 0 unspecified atom stereocenters. The van der Waals surface area contributed by atoms with E-state index in [1.54, 1.807) is 0 Å². The van der Waals surface area contributed by atoms with Gasteiger partial charge in [-0.15, -0.1) is 0 Å². The molecule has 1 aromatic carbocycles. The van der Waals surface area contributed by atoms with Crippen molar-refractivity contribution >= 4 is 17.1 Å². The number of rotatable bonds is 4. The SMILES string of the molecule is Cn1ccnc1CN1CCN(C(=O)NCc2nc3ccccc3o2)CC1. The molecule has 4 rings (SSSR count). The molecular weight excluding hydrogens is 332 g/mol. The van der Waals surface area contributed by atoms with Crippen molar-refractivity contribution in [2.75, 3.05) is 26.2 Å². The fraction of sp³-hybridized carbons (Fsp3) is 0.389. The summed E-state index contributed by atoms with van der Waals surface area (Å²) in [6.07, 6.45) is 3.76. The Bertz CT molecular complexity index is 861. The van der Waals surface area contributed by atoms with Gasteiger partial charge in [0.25, 0.3) is 0 Å². The van der Waals surface area contributed by atoms with Crippen LogP contribution in [0.15, 0.2) is 41.1 Å². The number of benzene rings is 1. The highest BCUT2D eigenvalue weighted by atomic mass is 16.3. The van der Waals surface area contributed by atoms with Crippen molar-refractivity contribution in [1.82, 2.24) is 29.7 Å². The van der Waals surface area contributed by atoms with Crippen molar-refractivity contribution < 1.29 is 9.21 Å². The number of oxazole rings is 1. The summed E-state index contributed by atoms with van der Waals surface area (Å²) in [6, 6.07) is 7.50. The van der Waals surface area contributed by atoms with Crippen LogP contribution in [0, 0.1) is 0 Å². The summed E-state index contributed by atoms with van der Waals surface area (Å²) in [5, 5.41) is 2.89. The van der Waals surface area contributed by atoms with E-state index in [0.717, 1.165) is 36.6 Å². The molecule has 8 nitrogen and oxygen atoms in total. The van der Waals surface area contributed by atoms with Crippen LogP contribution in [0.3, 0.4) is 0 Å². The lowest BCUT2D eigenvalue weighted by Crippen LogP contribution is -2.51. The molecule has 8 heteroatoms. The van der Waals surface area contributed by atoms with E-state index in [9.17, 15) is 4.79 Å². The minimum atomic E-state index is -0.0797. The number of piperazine rings is 1. The molecule has 1 N–H and O–H groups in total. The van der Waals surface area contributed by atoms with Gasteiger partial charge in [0, 0.05) is 45.6 Å². The first-order valence-corrected chi connectivity index (χ1v) is 8.75. The molecule has 3 heterocycles. The van der Waals surface area contributed by atoms with Gasteiger partial charge in [-0.1, -0.05) is 12.1 Å². The summed E-state index contributed by atoms with van der Waals surface area (Å²) in [7, 11) is 2.00. The van der Waals surface area contributed by atoms with Gasteiger partial charge in [-0.2, -0.15) is 0 Å². The van der Waals surface area contributed by atoms with Crippen LogP contribution in [-0.4, -0.2) is 56.5 Å². The molecule has 1 aliphatic heterocycles. The fourth-order valence-electron chi connectivity index (χ4n) is 3.12. The Morgan fingerprint density at radius 1 is 1.23 bits per heavy atom. The second kappa shape index (κ2) is 7.17. The molecule has 2 amide bonds. The number of para-hydroxylation sites is 2. The van der Waals surface area contributed by atoms with Crippen LogP contribution in [0.5, 0.6) is 0 Å². The standard InChI is InChI=1S/C18H22N6O2/c1-22-7-6-19-16(22)13-23-8-10-24(11-9-23)18(25)20-12-17-21-14-4-2-3-5-15(14)26-17/h2-7H,8-13H2,1H3,(H,20,25). The second-order valence-corrected chi connectivity index (χ2v) is 6.45. The molecule has 0 atom stereocenters. The molecule has 0 aliphatic carbocycles. The zero-order valence-corrected chi connectivity index (χ0v) is 14.8. The molecule has 1 saturated heterocycles. The Morgan fingerprint density at radius 3 is 2.77 bits per heavy atom. The van der Waals surface area contributed by atoms with E-state index in [4.69, 9.17) is 4.42 Å². The van der Waals surface area contributed by atoms with Crippen LogP contribution in [0.25, 0.3) is 11.1 Å². The van der Waals surface area contributed by atoms with E-state index in [1.807, 2.05) is 53.2 Å². The highest BCUT2D eigenvalue weighted by molar-refractivity contribution is 5.75. The molecule has 3 aromatic rings. The first-order valence-electron chi connectivity index (χ1n) is 8.75. The van der Waals surface area contributed by atoms with E-state index < -0.39 is 0 Å². The predicted octanol–water partition coefficient (Wildman–Crippen LogP) is 1.59. The quantitative estimate of drug-likeness (QED) is 0.770. The summed E-state index contributed by atoms with van der Waals surface area (Å²) in [6.45, 7) is 4.17. The third-order valence-corrected chi connectivity index (χ3v) is 4.67. The maximum absolute atomic E-state index is 12.4. The number of amides is 2. The zero-order chi connectivity index (χ0) is 17.9. The number of nitrogens with one attached hydrogen (secondary N) is 1. The van der Waals surface area contributed by atoms with Gasteiger partial charge >= 0.3 is 6.03 Å². The molecule has 0 saturated carbocycles. The van der Waals surface area contributed by atoms with Crippen LogP contribution in [0.2, 0.25) is 0 Å². The lowest BCUT2D eigenvalue weighted by atomic mass is 10.3. The van der Waals surface area contributed by atoms with Crippen LogP contribution < -0.4 is 5.32 Å². The Kier molecular flexibility index (Phi) is 4.57. The van der Waals surface area contributed by atoms with Gasteiger partial charge in [0.05, 0.1) is 13.1 Å². The van der Waals surface area contributed by atoms with E-state index in [2.05, 4.69) is 20.2 Å². The number of hydrogen-bond donors (Lipinski definition) is 1. The van der Waals surface area contributed by atoms with Gasteiger partial charge in [-0.05, 0) is 12.1 Å². The van der Waals surface area contributed by atoms with Crippen molar-refractivity contribution in [3.05, 3.63) is 48.4 Å². The van der Waals surface area contributed by atoms with E-state index in [1.165, 1.54) is 0 Å². The highest BCUT2D eigenvalue weighted by Crippen LogP contribution is 2.14. The normalized spacial score (nSPS) is 15.5. The van der Waals surface area contributed by atoms with E-state index >= 15 is 0 Å². The molecule has 26 heavy (non-hydrogen) atoms. The first-order chi connectivity index (χ1) is 12.7. The van der Waals surface area contributed by atoms with Crippen LogP contribution >= 0.6 is 0 Å². The predicted molar refractivity (Wildman–Crippen MR) is 96.3 cm³/mol. The monoisotopic (exact) mass is 354 g/mol. The molecule has 2 aromatic heterocycles. The number of carbonyl (C=O) groups is 1. The largest absolute Gasteiger partial charge is 0.439 e. The molecule has 0 spiro atoms. The van der Waals surface area contributed by atoms with Crippen molar-refractivity contribution in [2.45, 2.75) is 13.1 Å². The number of carbonyl (C=O) groups excluding carboxylic acids is 1. The highest BCUT2D eigenvalue weighted by Gasteiger charge is 2.22. The second-order valence-electron chi connectivity index (χ2n) is 6.45. The maximum atomic E-state index is 12.4. The van der Waals surface area contributed by atoms with Crippen LogP contribution in [-0.2, 0) is 20.1 Å². The zero-order valence-electron chi connectivity index (χ0n) is 14.8. The van der Waals surface area contributed by atoms with Crippen molar-refractivity contribution in [3.63, 3.8) is 0 Å². The summed E-state index contributed by atoms with van der Waals surface area (Å²) in [4.78, 5) is 25.2. The smallest absolute Gasteiger partial charge is 0.317 e. The van der Waals surface area contributed by atoms with Gasteiger partial charge in [-0.3, -0.25) is 4.90 Å². The van der Waals surface area contributed by atoms with Crippen molar-refractivity contribution in [1.29, 1.82) is 0 Å². The Balaban J connectivity index is 1.26. The Labute approximate surface area is 151 Å².